The van der Waals surface area contributed by atoms with E-state index in [1.165, 1.54) is 6.92 Å². The Kier molecular flexibility index (Phi) is 4.78. The van der Waals surface area contributed by atoms with Crippen molar-refractivity contribution >= 4 is 23.5 Å². The molecule has 0 aliphatic carbocycles. The molecule has 1 amide bonds. The molecule has 0 aliphatic rings. The van der Waals surface area contributed by atoms with Crippen molar-refractivity contribution in [2.75, 3.05) is 6.61 Å². The van der Waals surface area contributed by atoms with Crippen molar-refractivity contribution in [1.82, 2.24) is 0 Å². The highest BCUT2D eigenvalue weighted by Crippen LogP contribution is 2.15. The van der Waals surface area contributed by atoms with Crippen LogP contribution in [0.3, 0.4) is 0 Å². The van der Waals surface area contributed by atoms with Crippen LogP contribution in [0.4, 0.5) is 0 Å². The van der Waals surface area contributed by atoms with Crippen molar-refractivity contribution in [3.63, 3.8) is 0 Å². The summed E-state index contributed by atoms with van der Waals surface area (Å²) in [4.78, 5) is 21.9. The zero-order valence-electron chi connectivity index (χ0n) is 9.18. The number of rotatable bonds is 5. The largest absolute Gasteiger partial charge is 0.482 e. The molecule has 0 aromatic heterocycles. The van der Waals surface area contributed by atoms with Crippen molar-refractivity contribution in [2.24, 2.45) is 5.73 Å². The molecule has 0 bridgehead atoms. The van der Waals surface area contributed by atoms with Crippen LogP contribution in [0.2, 0.25) is 5.02 Å². The quantitative estimate of drug-likeness (QED) is 0.802. The summed E-state index contributed by atoms with van der Waals surface area (Å²) in [5.74, 6) is -0.880. The smallest absolute Gasteiger partial charge is 0.344 e. The number of esters is 1. The van der Waals surface area contributed by atoms with Crippen molar-refractivity contribution in [1.29, 1.82) is 0 Å². The minimum Gasteiger partial charge on any atom is -0.482 e. The topological polar surface area (TPSA) is 78.6 Å². The second kappa shape index (κ2) is 6.10. The molecule has 0 fully saturated rings. The zero-order chi connectivity index (χ0) is 12.8. The van der Waals surface area contributed by atoms with E-state index < -0.39 is 18.0 Å². The number of carbonyl (C=O) groups excluding carboxylic acids is 2. The molecule has 92 valence electrons. The van der Waals surface area contributed by atoms with Crippen molar-refractivity contribution < 1.29 is 19.1 Å². The molecule has 6 heteroatoms. The molecule has 0 saturated heterocycles. The van der Waals surface area contributed by atoms with E-state index in [1.807, 2.05) is 0 Å². The Balaban J connectivity index is 2.38. The Morgan fingerprint density at radius 2 is 1.94 bits per heavy atom. The van der Waals surface area contributed by atoms with Crippen LogP contribution in [0.25, 0.3) is 0 Å². The number of halogens is 1. The highest BCUT2D eigenvalue weighted by molar-refractivity contribution is 6.30. The molecule has 0 unspecified atom stereocenters. The molecule has 0 spiro atoms. The molecule has 0 aliphatic heterocycles. The molecule has 1 aromatic carbocycles. The van der Waals surface area contributed by atoms with Gasteiger partial charge in [-0.25, -0.2) is 4.79 Å². The third-order valence-corrected chi connectivity index (χ3v) is 2.13. The number of benzene rings is 1. The van der Waals surface area contributed by atoms with Crippen molar-refractivity contribution in [3.05, 3.63) is 29.3 Å². The van der Waals surface area contributed by atoms with Gasteiger partial charge in [-0.3, -0.25) is 4.79 Å². The normalized spacial score (nSPS) is 11.6. The Bertz CT molecular complexity index is 404. The van der Waals surface area contributed by atoms with E-state index in [9.17, 15) is 9.59 Å². The number of primary amides is 1. The maximum atomic E-state index is 11.2. The van der Waals surface area contributed by atoms with Gasteiger partial charge in [0.2, 0.25) is 0 Å². The molecule has 1 atom stereocenters. The molecule has 0 radical (unpaired) electrons. The highest BCUT2D eigenvalue weighted by atomic mass is 35.5. The van der Waals surface area contributed by atoms with Crippen molar-refractivity contribution in [3.8, 4) is 5.75 Å². The Labute approximate surface area is 103 Å². The van der Waals surface area contributed by atoms with E-state index in [2.05, 4.69) is 0 Å². The van der Waals surface area contributed by atoms with E-state index in [-0.39, 0.29) is 6.61 Å². The lowest BCUT2D eigenvalue weighted by atomic mass is 10.3. The van der Waals surface area contributed by atoms with Gasteiger partial charge in [0.1, 0.15) is 5.75 Å². The summed E-state index contributed by atoms with van der Waals surface area (Å²) < 4.78 is 9.81. The number of carbonyl (C=O) groups is 2. The predicted octanol–water partition coefficient (Wildman–Crippen LogP) is 1.14. The van der Waals surface area contributed by atoms with Gasteiger partial charge in [0.15, 0.2) is 12.7 Å². The van der Waals surface area contributed by atoms with Crippen LogP contribution in [0.5, 0.6) is 5.75 Å². The average molecular weight is 258 g/mol. The SMILES string of the molecule is C[C@@H](OC(=O)COc1ccc(Cl)cc1)C(N)=O. The average Bonchev–Trinajstić information content (AvgIpc) is 2.28. The first-order valence-corrected chi connectivity index (χ1v) is 5.24. The van der Waals surface area contributed by atoms with Gasteiger partial charge < -0.3 is 15.2 Å². The number of hydrogen-bond acceptors (Lipinski definition) is 4. The Morgan fingerprint density at radius 1 is 1.35 bits per heavy atom. The standard InChI is InChI=1S/C11H12ClNO4/c1-7(11(13)15)17-10(14)6-16-9-4-2-8(12)3-5-9/h2-5,7H,6H2,1H3,(H2,13,15)/t7-/m1/s1. The first-order valence-electron chi connectivity index (χ1n) is 4.86. The van der Waals surface area contributed by atoms with Gasteiger partial charge >= 0.3 is 5.97 Å². The van der Waals surface area contributed by atoms with Gasteiger partial charge in [-0.05, 0) is 31.2 Å². The van der Waals surface area contributed by atoms with Gasteiger partial charge in [0.25, 0.3) is 5.91 Å². The first-order chi connectivity index (χ1) is 7.99. The molecule has 2 N–H and O–H groups in total. The lowest BCUT2D eigenvalue weighted by molar-refractivity contribution is -0.155. The van der Waals surface area contributed by atoms with Crippen LogP contribution in [0, 0.1) is 0 Å². The highest BCUT2D eigenvalue weighted by Gasteiger charge is 2.14. The lowest BCUT2D eigenvalue weighted by Gasteiger charge is -2.10. The van der Waals surface area contributed by atoms with E-state index in [1.54, 1.807) is 24.3 Å². The maximum Gasteiger partial charge on any atom is 0.344 e. The Morgan fingerprint density at radius 3 is 2.47 bits per heavy atom. The van der Waals surface area contributed by atoms with E-state index in [0.717, 1.165) is 0 Å². The minimum atomic E-state index is -0.962. The second-order valence-corrected chi connectivity index (χ2v) is 3.71. The lowest BCUT2D eigenvalue weighted by Crippen LogP contribution is -2.32. The summed E-state index contributed by atoms with van der Waals surface area (Å²) in [5.41, 5.74) is 4.94. The second-order valence-electron chi connectivity index (χ2n) is 3.28. The van der Waals surface area contributed by atoms with Gasteiger partial charge in [0, 0.05) is 5.02 Å². The third kappa shape index (κ3) is 4.74. The van der Waals surface area contributed by atoms with E-state index >= 15 is 0 Å². The Hall–Kier alpha value is -1.75. The maximum absolute atomic E-state index is 11.2. The summed E-state index contributed by atoms with van der Waals surface area (Å²) >= 11 is 5.68. The van der Waals surface area contributed by atoms with Crippen LogP contribution in [-0.4, -0.2) is 24.6 Å². The fourth-order valence-electron chi connectivity index (χ4n) is 0.962. The number of hydrogen-bond donors (Lipinski definition) is 1. The van der Waals surface area contributed by atoms with Gasteiger partial charge in [-0.1, -0.05) is 11.6 Å². The fraction of sp³-hybridized carbons (Fsp3) is 0.273. The minimum absolute atomic E-state index is 0.292. The van der Waals surface area contributed by atoms with Gasteiger partial charge in [-0.2, -0.15) is 0 Å². The monoisotopic (exact) mass is 257 g/mol. The number of ether oxygens (including phenoxy) is 2. The first kappa shape index (κ1) is 13.3. The molecule has 1 aromatic rings. The molecule has 17 heavy (non-hydrogen) atoms. The summed E-state index contributed by atoms with van der Waals surface area (Å²) in [6, 6.07) is 6.50. The van der Waals surface area contributed by atoms with Crippen LogP contribution in [0.15, 0.2) is 24.3 Å². The summed E-state index contributed by atoms with van der Waals surface area (Å²) in [6.45, 7) is 1.10. The van der Waals surface area contributed by atoms with E-state index in [0.29, 0.717) is 10.8 Å². The molecule has 0 saturated carbocycles. The van der Waals surface area contributed by atoms with Crippen LogP contribution in [0.1, 0.15) is 6.92 Å². The predicted molar refractivity (Wildman–Crippen MR) is 61.7 cm³/mol. The summed E-state index contributed by atoms with van der Waals surface area (Å²) in [6.07, 6.45) is -0.962. The molecule has 0 heterocycles. The van der Waals surface area contributed by atoms with Crippen LogP contribution >= 0.6 is 11.6 Å². The zero-order valence-corrected chi connectivity index (χ0v) is 9.94. The van der Waals surface area contributed by atoms with Gasteiger partial charge in [-0.15, -0.1) is 0 Å². The molecular formula is C11H12ClNO4. The number of nitrogens with two attached hydrogens (primary N) is 1. The molecular weight excluding hydrogens is 246 g/mol. The molecule has 5 nitrogen and oxygen atoms in total. The van der Waals surface area contributed by atoms with E-state index in [4.69, 9.17) is 26.8 Å². The number of amides is 1. The molecule has 1 rings (SSSR count). The summed E-state index contributed by atoms with van der Waals surface area (Å²) in [5, 5.41) is 0.572. The third-order valence-electron chi connectivity index (χ3n) is 1.88. The van der Waals surface area contributed by atoms with Gasteiger partial charge in [0.05, 0.1) is 0 Å². The summed E-state index contributed by atoms with van der Waals surface area (Å²) in [7, 11) is 0. The van der Waals surface area contributed by atoms with Crippen LogP contribution in [-0.2, 0) is 14.3 Å². The fourth-order valence-corrected chi connectivity index (χ4v) is 1.09. The van der Waals surface area contributed by atoms with Crippen molar-refractivity contribution in [2.45, 2.75) is 13.0 Å². The van der Waals surface area contributed by atoms with Crippen LogP contribution < -0.4 is 10.5 Å².